The number of carbonyl (C=O) groups excluding carboxylic acids is 1. The van der Waals surface area contributed by atoms with E-state index in [1.165, 1.54) is 12.8 Å². The SMILES string of the molecule is CCCC(C(=O)NN)N1CCCC1CC. The average Bonchev–Trinajstić information content (AvgIpc) is 2.72. The third kappa shape index (κ3) is 2.92. The van der Waals surface area contributed by atoms with E-state index < -0.39 is 0 Å². The van der Waals surface area contributed by atoms with Crippen molar-refractivity contribution in [2.24, 2.45) is 5.84 Å². The van der Waals surface area contributed by atoms with E-state index in [1.807, 2.05) is 0 Å². The molecule has 1 aliphatic rings. The molecule has 4 nitrogen and oxygen atoms in total. The van der Waals surface area contributed by atoms with Crippen molar-refractivity contribution in [1.29, 1.82) is 0 Å². The van der Waals surface area contributed by atoms with Crippen molar-refractivity contribution >= 4 is 5.91 Å². The fourth-order valence-corrected chi connectivity index (χ4v) is 2.52. The Kier molecular flexibility index (Phi) is 5.05. The van der Waals surface area contributed by atoms with Gasteiger partial charge in [0.2, 0.25) is 0 Å². The summed E-state index contributed by atoms with van der Waals surface area (Å²) in [6.45, 7) is 5.33. The summed E-state index contributed by atoms with van der Waals surface area (Å²) in [6.07, 6.45) is 5.47. The second-order valence-corrected chi connectivity index (χ2v) is 4.26. The molecule has 0 aromatic heterocycles. The smallest absolute Gasteiger partial charge is 0.251 e. The van der Waals surface area contributed by atoms with Gasteiger partial charge in [0.05, 0.1) is 6.04 Å². The molecule has 1 amide bonds. The summed E-state index contributed by atoms with van der Waals surface area (Å²) in [6, 6.07) is 0.547. The van der Waals surface area contributed by atoms with Crippen LogP contribution < -0.4 is 11.3 Å². The Hall–Kier alpha value is -0.610. The van der Waals surface area contributed by atoms with Crippen LogP contribution in [0.5, 0.6) is 0 Å². The van der Waals surface area contributed by atoms with Crippen LogP contribution in [0.25, 0.3) is 0 Å². The number of likely N-dealkylation sites (tertiary alicyclic amines) is 1. The van der Waals surface area contributed by atoms with Gasteiger partial charge in [0.25, 0.3) is 5.91 Å². The maximum Gasteiger partial charge on any atom is 0.251 e. The Balaban J connectivity index is 2.65. The van der Waals surface area contributed by atoms with E-state index in [9.17, 15) is 4.79 Å². The van der Waals surface area contributed by atoms with Crippen LogP contribution in [0.1, 0.15) is 46.0 Å². The highest BCUT2D eigenvalue weighted by Crippen LogP contribution is 2.24. The average molecular weight is 213 g/mol. The third-order valence-corrected chi connectivity index (χ3v) is 3.30. The molecule has 0 aromatic rings. The lowest BCUT2D eigenvalue weighted by Gasteiger charge is -2.31. The third-order valence-electron chi connectivity index (χ3n) is 3.30. The van der Waals surface area contributed by atoms with Crippen molar-refractivity contribution in [2.75, 3.05) is 6.54 Å². The lowest BCUT2D eigenvalue weighted by Crippen LogP contribution is -2.50. The zero-order chi connectivity index (χ0) is 11.3. The van der Waals surface area contributed by atoms with Crippen molar-refractivity contribution in [3.63, 3.8) is 0 Å². The lowest BCUT2D eigenvalue weighted by atomic mass is 10.1. The van der Waals surface area contributed by atoms with E-state index in [-0.39, 0.29) is 11.9 Å². The first-order chi connectivity index (χ1) is 7.24. The van der Waals surface area contributed by atoms with Gasteiger partial charge in [-0.2, -0.15) is 0 Å². The summed E-state index contributed by atoms with van der Waals surface area (Å²) in [5.41, 5.74) is 2.29. The highest BCUT2D eigenvalue weighted by atomic mass is 16.2. The Morgan fingerprint density at radius 3 is 2.87 bits per heavy atom. The summed E-state index contributed by atoms with van der Waals surface area (Å²) in [7, 11) is 0. The molecule has 0 bridgehead atoms. The molecule has 0 spiro atoms. The number of carbonyl (C=O) groups is 1. The van der Waals surface area contributed by atoms with Crippen LogP contribution in [0.15, 0.2) is 0 Å². The Bertz CT molecular complexity index is 208. The molecule has 4 heteroatoms. The highest BCUT2D eigenvalue weighted by Gasteiger charge is 2.32. The normalized spacial score (nSPS) is 24.1. The van der Waals surface area contributed by atoms with Crippen molar-refractivity contribution in [1.82, 2.24) is 10.3 Å². The summed E-state index contributed by atoms with van der Waals surface area (Å²) < 4.78 is 0. The maximum atomic E-state index is 11.7. The number of hydrazine groups is 1. The van der Waals surface area contributed by atoms with Crippen LogP contribution in [0.2, 0.25) is 0 Å². The first-order valence-corrected chi connectivity index (χ1v) is 6.00. The number of hydrogen-bond acceptors (Lipinski definition) is 3. The van der Waals surface area contributed by atoms with Crippen molar-refractivity contribution < 1.29 is 4.79 Å². The first kappa shape index (κ1) is 12.5. The molecule has 88 valence electrons. The van der Waals surface area contributed by atoms with E-state index in [2.05, 4.69) is 24.2 Å². The Morgan fingerprint density at radius 1 is 1.60 bits per heavy atom. The molecule has 2 unspecified atom stereocenters. The quantitative estimate of drug-likeness (QED) is 0.407. The summed E-state index contributed by atoms with van der Waals surface area (Å²) >= 11 is 0. The van der Waals surface area contributed by atoms with Gasteiger partial charge in [0.1, 0.15) is 0 Å². The molecule has 1 aliphatic heterocycles. The number of nitrogens with two attached hydrogens (primary N) is 1. The second-order valence-electron chi connectivity index (χ2n) is 4.26. The largest absolute Gasteiger partial charge is 0.293 e. The minimum Gasteiger partial charge on any atom is -0.293 e. The number of amides is 1. The molecule has 0 radical (unpaired) electrons. The van der Waals surface area contributed by atoms with Crippen molar-refractivity contribution in [3.05, 3.63) is 0 Å². The fourth-order valence-electron chi connectivity index (χ4n) is 2.52. The van der Waals surface area contributed by atoms with Crippen molar-refractivity contribution in [2.45, 2.75) is 58.0 Å². The molecule has 0 saturated carbocycles. The highest BCUT2D eigenvalue weighted by molar-refractivity contribution is 5.81. The molecular weight excluding hydrogens is 190 g/mol. The molecule has 3 N–H and O–H groups in total. The van der Waals surface area contributed by atoms with E-state index in [0.29, 0.717) is 6.04 Å². The molecule has 1 saturated heterocycles. The van der Waals surface area contributed by atoms with Crippen LogP contribution >= 0.6 is 0 Å². The lowest BCUT2D eigenvalue weighted by molar-refractivity contribution is -0.127. The van der Waals surface area contributed by atoms with Gasteiger partial charge in [-0.05, 0) is 32.2 Å². The summed E-state index contributed by atoms with van der Waals surface area (Å²) in [4.78, 5) is 14.0. The van der Waals surface area contributed by atoms with Crippen LogP contribution in [0, 0.1) is 0 Å². The molecule has 2 atom stereocenters. The Morgan fingerprint density at radius 2 is 2.33 bits per heavy atom. The van der Waals surface area contributed by atoms with Crippen LogP contribution in [0.3, 0.4) is 0 Å². The number of rotatable bonds is 5. The van der Waals surface area contributed by atoms with Crippen LogP contribution in [-0.2, 0) is 4.79 Å². The fraction of sp³-hybridized carbons (Fsp3) is 0.909. The molecule has 1 fully saturated rings. The minimum absolute atomic E-state index is 0.0209. The maximum absolute atomic E-state index is 11.7. The van der Waals surface area contributed by atoms with Gasteiger partial charge < -0.3 is 0 Å². The topological polar surface area (TPSA) is 58.4 Å². The monoisotopic (exact) mass is 213 g/mol. The molecule has 1 rings (SSSR count). The molecule has 0 aromatic carbocycles. The zero-order valence-corrected chi connectivity index (χ0v) is 9.83. The predicted molar refractivity (Wildman–Crippen MR) is 61.0 cm³/mol. The van der Waals surface area contributed by atoms with Gasteiger partial charge in [-0.15, -0.1) is 0 Å². The number of nitrogens with zero attached hydrogens (tertiary/aromatic N) is 1. The standard InChI is InChI=1S/C11H23N3O/c1-3-6-10(11(15)13-12)14-8-5-7-9(14)4-2/h9-10H,3-8,12H2,1-2H3,(H,13,15). The van der Waals surface area contributed by atoms with Crippen LogP contribution in [0.4, 0.5) is 0 Å². The molecular formula is C11H23N3O. The van der Waals surface area contributed by atoms with E-state index in [0.717, 1.165) is 25.8 Å². The van der Waals surface area contributed by atoms with Gasteiger partial charge in [0.15, 0.2) is 0 Å². The number of hydrogen-bond donors (Lipinski definition) is 2. The first-order valence-electron chi connectivity index (χ1n) is 6.00. The van der Waals surface area contributed by atoms with Crippen LogP contribution in [-0.4, -0.2) is 29.4 Å². The second kappa shape index (κ2) is 6.08. The molecule has 0 aliphatic carbocycles. The van der Waals surface area contributed by atoms with Gasteiger partial charge in [-0.1, -0.05) is 20.3 Å². The van der Waals surface area contributed by atoms with Gasteiger partial charge >= 0.3 is 0 Å². The van der Waals surface area contributed by atoms with Gasteiger partial charge in [-0.25, -0.2) is 5.84 Å². The minimum atomic E-state index is -0.0304. The van der Waals surface area contributed by atoms with E-state index in [4.69, 9.17) is 5.84 Å². The molecule has 1 heterocycles. The summed E-state index contributed by atoms with van der Waals surface area (Å²) in [5.74, 6) is 5.20. The summed E-state index contributed by atoms with van der Waals surface area (Å²) in [5, 5.41) is 0. The van der Waals surface area contributed by atoms with E-state index >= 15 is 0 Å². The van der Waals surface area contributed by atoms with Gasteiger partial charge in [0, 0.05) is 6.04 Å². The predicted octanol–water partition coefficient (Wildman–Crippen LogP) is 1.02. The Labute approximate surface area is 92.2 Å². The molecule has 15 heavy (non-hydrogen) atoms. The number of nitrogens with one attached hydrogen (secondary N) is 1. The van der Waals surface area contributed by atoms with Crippen molar-refractivity contribution in [3.8, 4) is 0 Å². The zero-order valence-electron chi connectivity index (χ0n) is 9.83. The van der Waals surface area contributed by atoms with Gasteiger partial charge in [-0.3, -0.25) is 15.1 Å². The van der Waals surface area contributed by atoms with E-state index in [1.54, 1.807) is 0 Å².